The first kappa shape index (κ1) is 9.92. The Balaban J connectivity index is 2.63. The van der Waals surface area contributed by atoms with Crippen molar-refractivity contribution in [1.82, 2.24) is 0 Å². The van der Waals surface area contributed by atoms with Gasteiger partial charge in [-0.15, -0.1) is 0 Å². The summed E-state index contributed by atoms with van der Waals surface area (Å²) < 4.78 is 5.27. The monoisotopic (exact) mass is 176 g/mol. The summed E-state index contributed by atoms with van der Waals surface area (Å²) in [7, 11) is 0. The second-order valence-corrected chi connectivity index (χ2v) is 3.40. The van der Waals surface area contributed by atoms with Crippen LogP contribution in [-0.2, 0) is 4.74 Å². The van der Waals surface area contributed by atoms with Crippen molar-refractivity contribution in [1.29, 1.82) is 0 Å². The molecule has 0 aromatic rings. The van der Waals surface area contributed by atoms with Gasteiger partial charge in [0.15, 0.2) is 0 Å². The first-order valence-corrected chi connectivity index (χ1v) is 4.20. The molecule has 72 valence electrons. The van der Waals surface area contributed by atoms with Crippen LogP contribution in [0, 0.1) is 5.92 Å². The average molecular weight is 176 g/mol. The third kappa shape index (κ3) is 1.61. The van der Waals surface area contributed by atoms with E-state index in [1.54, 1.807) is 0 Å². The molecule has 1 aliphatic heterocycles. The normalized spacial score (nSPS) is 49.2. The molecule has 0 aromatic carbocycles. The molecule has 4 heteroatoms. The highest BCUT2D eigenvalue weighted by atomic mass is 16.5. The van der Waals surface area contributed by atoms with E-state index in [-0.39, 0.29) is 18.6 Å². The van der Waals surface area contributed by atoms with Gasteiger partial charge in [0.1, 0.15) is 12.2 Å². The summed E-state index contributed by atoms with van der Waals surface area (Å²) >= 11 is 0. The molecule has 1 heterocycles. The van der Waals surface area contributed by atoms with Crippen molar-refractivity contribution in [3.8, 4) is 0 Å². The summed E-state index contributed by atoms with van der Waals surface area (Å²) in [5.74, 6) is -0.0946. The Morgan fingerprint density at radius 1 is 1.17 bits per heavy atom. The maximum absolute atomic E-state index is 9.48. The van der Waals surface area contributed by atoms with Crippen LogP contribution in [-0.4, -0.2) is 46.3 Å². The van der Waals surface area contributed by atoms with Crippen LogP contribution in [0.15, 0.2) is 0 Å². The zero-order valence-corrected chi connectivity index (χ0v) is 7.34. The van der Waals surface area contributed by atoms with E-state index in [0.717, 1.165) is 0 Å². The summed E-state index contributed by atoms with van der Waals surface area (Å²) in [6.07, 6.45) is -2.54. The summed E-state index contributed by atoms with van der Waals surface area (Å²) in [6, 6.07) is 0. The van der Waals surface area contributed by atoms with Gasteiger partial charge in [-0.2, -0.15) is 0 Å². The fourth-order valence-electron chi connectivity index (χ4n) is 1.44. The third-order valence-electron chi connectivity index (χ3n) is 2.58. The Hall–Kier alpha value is -0.160. The fraction of sp³-hybridized carbons (Fsp3) is 1.00. The summed E-state index contributed by atoms with van der Waals surface area (Å²) in [5.41, 5.74) is 0. The van der Waals surface area contributed by atoms with Gasteiger partial charge < -0.3 is 20.1 Å². The molecular formula is C8H16O4. The van der Waals surface area contributed by atoms with Gasteiger partial charge in [0, 0.05) is 5.92 Å². The molecule has 0 radical (unpaired) electrons. The van der Waals surface area contributed by atoms with E-state index in [0.29, 0.717) is 0 Å². The highest BCUT2D eigenvalue weighted by molar-refractivity contribution is 4.87. The molecule has 0 aromatic heterocycles. The lowest BCUT2D eigenvalue weighted by molar-refractivity contribution is -0.200. The van der Waals surface area contributed by atoms with E-state index in [2.05, 4.69) is 0 Å². The molecule has 0 bridgehead atoms. The SMILES string of the molecule is CC1[C@@H](O)[C@@H](O)C(CO)O[C@@H]1C. The molecule has 12 heavy (non-hydrogen) atoms. The van der Waals surface area contributed by atoms with Crippen LogP contribution in [0.4, 0.5) is 0 Å². The molecule has 0 amide bonds. The van der Waals surface area contributed by atoms with E-state index in [9.17, 15) is 10.2 Å². The number of hydrogen-bond acceptors (Lipinski definition) is 4. The van der Waals surface area contributed by atoms with E-state index in [1.165, 1.54) is 0 Å². The Morgan fingerprint density at radius 2 is 1.75 bits per heavy atom. The molecular weight excluding hydrogens is 160 g/mol. The molecule has 0 aliphatic carbocycles. The molecule has 2 unspecified atom stereocenters. The Kier molecular flexibility index (Phi) is 3.06. The van der Waals surface area contributed by atoms with E-state index < -0.39 is 18.3 Å². The zero-order chi connectivity index (χ0) is 9.30. The maximum Gasteiger partial charge on any atom is 0.109 e. The number of aliphatic hydroxyl groups is 3. The summed E-state index contributed by atoms with van der Waals surface area (Å²) in [5, 5.41) is 27.7. The second kappa shape index (κ2) is 3.70. The molecule has 5 atom stereocenters. The Bertz CT molecular complexity index is 145. The predicted molar refractivity (Wildman–Crippen MR) is 42.6 cm³/mol. The van der Waals surface area contributed by atoms with Crippen LogP contribution in [0.3, 0.4) is 0 Å². The first-order valence-electron chi connectivity index (χ1n) is 4.20. The molecule has 1 fully saturated rings. The summed E-state index contributed by atoms with van der Waals surface area (Å²) in [4.78, 5) is 0. The average Bonchev–Trinajstić information content (AvgIpc) is 2.08. The molecule has 4 nitrogen and oxygen atoms in total. The number of ether oxygens (including phenoxy) is 1. The maximum atomic E-state index is 9.48. The van der Waals surface area contributed by atoms with Gasteiger partial charge in [0.25, 0.3) is 0 Å². The van der Waals surface area contributed by atoms with Crippen molar-refractivity contribution in [2.45, 2.75) is 38.3 Å². The van der Waals surface area contributed by atoms with Crippen molar-refractivity contribution in [2.24, 2.45) is 5.92 Å². The highest BCUT2D eigenvalue weighted by Gasteiger charge is 2.39. The van der Waals surface area contributed by atoms with Crippen LogP contribution in [0.25, 0.3) is 0 Å². The smallest absolute Gasteiger partial charge is 0.109 e. The predicted octanol–water partition coefficient (Wildman–Crippen LogP) is -0.876. The van der Waals surface area contributed by atoms with Crippen LogP contribution < -0.4 is 0 Å². The molecule has 3 N–H and O–H groups in total. The van der Waals surface area contributed by atoms with Gasteiger partial charge in [-0.25, -0.2) is 0 Å². The van der Waals surface area contributed by atoms with E-state index in [4.69, 9.17) is 9.84 Å². The van der Waals surface area contributed by atoms with E-state index in [1.807, 2.05) is 13.8 Å². The summed E-state index contributed by atoms with van der Waals surface area (Å²) in [6.45, 7) is 3.38. The van der Waals surface area contributed by atoms with Crippen molar-refractivity contribution >= 4 is 0 Å². The minimum atomic E-state index is -0.971. The number of hydrogen-bond donors (Lipinski definition) is 3. The van der Waals surface area contributed by atoms with E-state index >= 15 is 0 Å². The quantitative estimate of drug-likeness (QED) is 0.485. The second-order valence-electron chi connectivity index (χ2n) is 3.40. The van der Waals surface area contributed by atoms with Crippen LogP contribution in [0.2, 0.25) is 0 Å². The van der Waals surface area contributed by atoms with Gasteiger partial charge in [-0.3, -0.25) is 0 Å². The number of rotatable bonds is 1. The topological polar surface area (TPSA) is 69.9 Å². The Morgan fingerprint density at radius 3 is 2.25 bits per heavy atom. The number of aliphatic hydroxyl groups excluding tert-OH is 3. The Labute approximate surface area is 71.8 Å². The standard InChI is InChI=1S/C8H16O4/c1-4-5(2)12-6(3-9)8(11)7(4)10/h4-11H,3H2,1-2H3/t4?,5-,6?,7-,8+/m1/s1. The molecule has 0 spiro atoms. The van der Waals surface area contributed by atoms with Crippen molar-refractivity contribution in [3.63, 3.8) is 0 Å². The van der Waals surface area contributed by atoms with Crippen LogP contribution in [0.5, 0.6) is 0 Å². The molecule has 1 aliphatic rings. The third-order valence-corrected chi connectivity index (χ3v) is 2.58. The lowest BCUT2D eigenvalue weighted by Crippen LogP contribution is -2.53. The largest absolute Gasteiger partial charge is 0.394 e. The lowest BCUT2D eigenvalue weighted by atomic mass is 9.89. The fourth-order valence-corrected chi connectivity index (χ4v) is 1.44. The highest BCUT2D eigenvalue weighted by Crippen LogP contribution is 2.25. The van der Waals surface area contributed by atoms with Gasteiger partial charge in [-0.1, -0.05) is 6.92 Å². The van der Waals surface area contributed by atoms with Crippen molar-refractivity contribution in [3.05, 3.63) is 0 Å². The van der Waals surface area contributed by atoms with Gasteiger partial charge in [0.2, 0.25) is 0 Å². The van der Waals surface area contributed by atoms with Crippen molar-refractivity contribution < 1.29 is 20.1 Å². The zero-order valence-electron chi connectivity index (χ0n) is 7.34. The van der Waals surface area contributed by atoms with Crippen molar-refractivity contribution in [2.75, 3.05) is 6.61 Å². The molecule has 1 saturated heterocycles. The first-order chi connectivity index (χ1) is 5.57. The minimum absolute atomic E-state index is 0.0946. The molecule has 0 saturated carbocycles. The minimum Gasteiger partial charge on any atom is -0.394 e. The molecule has 1 rings (SSSR count). The lowest BCUT2D eigenvalue weighted by Gasteiger charge is -2.39. The van der Waals surface area contributed by atoms with Gasteiger partial charge >= 0.3 is 0 Å². The van der Waals surface area contributed by atoms with Gasteiger partial charge in [0.05, 0.1) is 18.8 Å². The van der Waals surface area contributed by atoms with Gasteiger partial charge in [-0.05, 0) is 6.92 Å². The van der Waals surface area contributed by atoms with Crippen LogP contribution >= 0.6 is 0 Å². The van der Waals surface area contributed by atoms with Crippen LogP contribution in [0.1, 0.15) is 13.8 Å².